The van der Waals surface area contributed by atoms with Crippen LogP contribution in [-0.2, 0) is 14.3 Å². The van der Waals surface area contributed by atoms with Gasteiger partial charge in [0.05, 0.1) is 19.6 Å². The molecule has 2 aliphatic rings. The summed E-state index contributed by atoms with van der Waals surface area (Å²) in [5.74, 6) is 1.15. The van der Waals surface area contributed by atoms with Gasteiger partial charge in [0.25, 0.3) is 0 Å². The van der Waals surface area contributed by atoms with Gasteiger partial charge in [-0.05, 0) is 35.4 Å². The van der Waals surface area contributed by atoms with Crippen molar-refractivity contribution in [2.24, 2.45) is 5.41 Å². The highest BCUT2D eigenvalue weighted by Crippen LogP contribution is 2.51. The highest BCUT2D eigenvalue weighted by molar-refractivity contribution is 6.09. The Morgan fingerprint density at radius 1 is 1.00 bits per heavy atom. The molecule has 112 valence electrons. The molecule has 4 heteroatoms. The summed E-state index contributed by atoms with van der Waals surface area (Å²) in [4.78, 5) is 23.7. The van der Waals surface area contributed by atoms with E-state index in [1.807, 2.05) is 24.3 Å². The Morgan fingerprint density at radius 2 is 1.73 bits per heavy atom. The fourth-order valence-electron chi connectivity index (χ4n) is 3.04. The van der Waals surface area contributed by atoms with E-state index in [0.717, 1.165) is 16.9 Å². The number of carbonyl (C=O) groups excluding carboxylic acids is 2. The number of methoxy groups -OCH3 is 2. The number of allylic oxidation sites excluding steroid dienone is 4. The van der Waals surface area contributed by atoms with Gasteiger partial charge in [0, 0.05) is 12.5 Å². The van der Waals surface area contributed by atoms with Crippen LogP contribution in [0.4, 0.5) is 0 Å². The third kappa shape index (κ3) is 2.17. The molecule has 0 saturated carbocycles. The van der Waals surface area contributed by atoms with Crippen molar-refractivity contribution in [3.05, 3.63) is 59.9 Å². The first-order chi connectivity index (χ1) is 10.6. The molecular formula is C18H16O4. The van der Waals surface area contributed by atoms with Crippen LogP contribution in [0.2, 0.25) is 0 Å². The monoisotopic (exact) mass is 296 g/mol. The summed E-state index contributed by atoms with van der Waals surface area (Å²) < 4.78 is 10.6. The molecule has 0 saturated heterocycles. The number of ketones is 2. The predicted molar refractivity (Wildman–Crippen MR) is 82.3 cm³/mol. The minimum atomic E-state index is -0.686. The maximum Gasteiger partial charge on any atom is 0.181 e. The standard InChI is InChI=1S/C18H16O4/c1-21-15-5-3-12(4-6-15)16-9-14(20)11-18(16)8-7-13(19)10-17(18)22-2/h3-10H,11H2,1-2H3. The predicted octanol–water partition coefficient (Wildman–Crippen LogP) is 2.71. The van der Waals surface area contributed by atoms with Gasteiger partial charge >= 0.3 is 0 Å². The number of hydrogen-bond donors (Lipinski definition) is 0. The molecule has 1 unspecified atom stereocenters. The largest absolute Gasteiger partial charge is 0.500 e. The van der Waals surface area contributed by atoms with Crippen LogP contribution in [0.25, 0.3) is 5.57 Å². The minimum Gasteiger partial charge on any atom is -0.500 e. The van der Waals surface area contributed by atoms with Gasteiger partial charge < -0.3 is 9.47 Å². The normalized spacial score (nSPS) is 23.5. The van der Waals surface area contributed by atoms with Crippen LogP contribution in [0.5, 0.6) is 5.75 Å². The van der Waals surface area contributed by atoms with Gasteiger partial charge in [-0.2, -0.15) is 0 Å². The molecule has 1 spiro atoms. The zero-order chi connectivity index (χ0) is 15.7. The second kappa shape index (κ2) is 5.30. The summed E-state index contributed by atoms with van der Waals surface area (Å²) in [5.41, 5.74) is 1.07. The first-order valence-corrected chi connectivity index (χ1v) is 6.98. The molecule has 1 aromatic carbocycles. The van der Waals surface area contributed by atoms with Gasteiger partial charge in [-0.15, -0.1) is 0 Å². The van der Waals surface area contributed by atoms with Crippen molar-refractivity contribution in [2.75, 3.05) is 14.2 Å². The van der Waals surface area contributed by atoms with Gasteiger partial charge in [-0.3, -0.25) is 9.59 Å². The minimum absolute atomic E-state index is 0.0211. The smallest absolute Gasteiger partial charge is 0.181 e. The molecule has 1 aromatic rings. The fourth-order valence-corrected chi connectivity index (χ4v) is 3.04. The summed E-state index contributed by atoms with van der Waals surface area (Å²) in [6.45, 7) is 0. The van der Waals surface area contributed by atoms with Crippen LogP contribution in [0.1, 0.15) is 12.0 Å². The molecule has 0 bridgehead atoms. The average Bonchev–Trinajstić information content (AvgIpc) is 2.87. The van der Waals surface area contributed by atoms with E-state index in [1.165, 1.54) is 19.3 Å². The van der Waals surface area contributed by atoms with E-state index in [2.05, 4.69) is 0 Å². The van der Waals surface area contributed by atoms with Gasteiger partial charge in [0.2, 0.25) is 0 Å². The average molecular weight is 296 g/mol. The molecule has 2 aliphatic carbocycles. The van der Waals surface area contributed by atoms with Crippen LogP contribution in [0.3, 0.4) is 0 Å². The number of hydrogen-bond acceptors (Lipinski definition) is 4. The first kappa shape index (κ1) is 14.3. The van der Waals surface area contributed by atoms with Crippen molar-refractivity contribution in [1.29, 1.82) is 0 Å². The lowest BCUT2D eigenvalue weighted by Crippen LogP contribution is -2.26. The molecule has 0 N–H and O–H groups in total. The molecule has 0 amide bonds. The molecule has 4 nitrogen and oxygen atoms in total. The lowest BCUT2D eigenvalue weighted by Gasteiger charge is -2.32. The molecule has 0 heterocycles. The Kier molecular flexibility index (Phi) is 3.45. The van der Waals surface area contributed by atoms with Crippen LogP contribution >= 0.6 is 0 Å². The quantitative estimate of drug-likeness (QED) is 0.860. The number of benzene rings is 1. The summed E-state index contributed by atoms with van der Waals surface area (Å²) in [6.07, 6.45) is 6.64. The van der Waals surface area contributed by atoms with E-state index in [9.17, 15) is 9.59 Å². The maximum absolute atomic E-state index is 12.1. The number of rotatable bonds is 3. The van der Waals surface area contributed by atoms with E-state index in [4.69, 9.17) is 9.47 Å². The molecule has 0 fully saturated rings. The fraction of sp³-hybridized carbons (Fsp3) is 0.222. The van der Waals surface area contributed by atoms with Crippen molar-refractivity contribution in [3.8, 4) is 5.75 Å². The molecular weight excluding hydrogens is 280 g/mol. The lowest BCUT2D eigenvalue weighted by molar-refractivity contribution is -0.115. The maximum atomic E-state index is 12.1. The van der Waals surface area contributed by atoms with Crippen molar-refractivity contribution in [1.82, 2.24) is 0 Å². The third-order valence-corrected chi connectivity index (χ3v) is 4.11. The van der Waals surface area contributed by atoms with Crippen LogP contribution in [0, 0.1) is 5.41 Å². The molecule has 22 heavy (non-hydrogen) atoms. The Bertz CT molecular complexity index is 722. The highest BCUT2D eigenvalue weighted by atomic mass is 16.5. The topological polar surface area (TPSA) is 52.6 Å². The van der Waals surface area contributed by atoms with Crippen LogP contribution in [0.15, 0.2) is 54.3 Å². The summed E-state index contributed by atoms with van der Waals surface area (Å²) >= 11 is 0. The van der Waals surface area contributed by atoms with Crippen molar-refractivity contribution < 1.29 is 19.1 Å². The van der Waals surface area contributed by atoms with Crippen LogP contribution in [-0.4, -0.2) is 25.8 Å². The molecule has 0 aliphatic heterocycles. The Hall–Kier alpha value is -2.62. The Balaban J connectivity index is 2.10. The van der Waals surface area contributed by atoms with E-state index in [1.54, 1.807) is 19.3 Å². The highest BCUT2D eigenvalue weighted by Gasteiger charge is 2.45. The van der Waals surface area contributed by atoms with Crippen molar-refractivity contribution in [3.63, 3.8) is 0 Å². The second-order valence-electron chi connectivity index (χ2n) is 5.35. The molecule has 3 rings (SSSR count). The SMILES string of the molecule is COC1=CC(=O)C=CC12CC(=O)C=C2c1ccc(OC)cc1. The molecule has 0 aromatic heterocycles. The van der Waals surface area contributed by atoms with Gasteiger partial charge in [0.1, 0.15) is 11.5 Å². The van der Waals surface area contributed by atoms with E-state index < -0.39 is 5.41 Å². The summed E-state index contributed by atoms with van der Waals surface area (Å²) in [6, 6.07) is 7.51. The van der Waals surface area contributed by atoms with E-state index in [-0.39, 0.29) is 18.0 Å². The van der Waals surface area contributed by atoms with Crippen molar-refractivity contribution >= 4 is 17.1 Å². The van der Waals surface area contributed by atoms with Crippen molar-refractivity contribution in [2.45, 2.75) is 6.42 Å². The number of carbonyl (C=O) groups is 2. The summed E-state index contributed by atoms with van der Waals surface area (Å²) in [7, 11) is 3.13. The number of ether oxygens (including phenoxy) is 2. The van der Waals surface area contributed by atoms with Crippen LogP contribution < -0.4 is 4.74 Å². The van der Waals surface area contributed by atoms with E-state index in [0.29, 0.717) is 5.76 Å². The second-order valence-corrected chi connectivity index (χ2v) is 5.35. The first-order valence-electron chi connectivity index (χ1n) is 6.98. The van der Waals surface area contributed by atoms with E-state index >= 15 is 0 Å². The van der Waals surface area contributed by atoms with Gasteiger partial charge in [-0.25, -0.2) is 0 Å². The van der Waals surface area contributed by atoms with Gasteiger partial charge in [-0.1, -0.05) is 18.2 Å². The summed E-state index contributed by atoms with van der Waals surface area (Å²) in [5, 5.41) is 0. The molecule has 0 radical (unpaired) electrons. The Morgan fingerprint density at radius 3 is 2.36 bits per heavy atom. The lowest BCUT2D eigenvalue weighted by atomic mass is 9.73. The zero-order valence-corrected chi connectivity index (χ0v) is 12.5. The third-order valence-electron chi connectivity index (χ3n) is 4.11. The molecule has 1 atom stereocenters. The van der Waals surface area contributed by atoms with Gasteiger partial charge in [0.15, 0.2) is 11.6 Å². The Labute approximate surface area is 128 Å². The zero-order valence-electron chi connectivity index (χ0n) is 12.5.